The zero-order valence-corrected chi connectivity index (χ0v) is 15.1. The lowest BCUT2D eigenvalue weighted by Gasteiger charge is -2.26. The van der Waals surface area contributed by atoms with E-state index >= 15 is 0 Å². The van der Waals surface area contributed by atoms with Crippen LogP contribution < -0.4 is 16.0 Å². The second-order valence-electron chi connectivity index (χ2n) is 5.88. The van der Waals surface area contributed by atoms with E-state index in [2.05, 4.69) is 16.0 Å². The number of benzene rings is 1. The number of hydrogen-bond acceptors (Lipinski definition) is 5. The normalized spacial score (nSPS) is 15.5. The van der Waals surface area contributed by atoms with Gasteiger partial charge in [0.25, 0.3) is 5.91 Å². The van der Waals surface area contributed by atoms with E-state index in [1.807, 2.05) is 0 Å². The standard InChI is InChI=1S/C18H18FN3O4S/c19-11-3-4-15-12(8-11)13(5-7-27-15)22-17(24)10-20-16(23)9-21-18(25)14-2-1-6-26-14/h1-4,6,8,13H,5,7,9-10H2,(H,20,23)(H,21,25)(H,22,24). The number of nitrogens with one attached hydrogen (secondary N) is 3. The average molecular weight is 391 g/mol. The summed E-state index contributed by atoms with van der Waals surface area (Å²) in [4.78, 5) is 36.5. The van der Waals surface area contributed by atoms with Crippen LogP contribution in [-0.4, -0.2) is 36.6 Å². The van der Waals surface area contributed by atoms with Gasteiger partial charge in [-0.05, 0) is 42.3 Å². The fourth-order valence-corrected chi connectivity index (χ4v) is 3.76. The highest BCUT2D eigenvalue weighted by Crippen LogP contribution is 2.36. The maximum absolute atomic E-state index is 13.5. The first kappa shape index (κ1) is 19.0. The lowest BCUT2D eigenvalue weighted by atomic mass is 10.0. The second kappa shape index (κ2) is 8.72. The number of carbonyl (C=O) groups excluding carboxylic acids is 3. The van der Waals surface area contributed by atoms with Gasteiger partial charge in [-0.25, -0.2) is 4.39 Å². The van der Waals surface area contributed by atoms with Crippen LogP contribution in [0.3, 0.4) is 0 Å². The molecule has 1 aromatic heterocycles. The van der Waals surface area contributed by atoms with Crippen molar-refractivity contribution in [2.24, 2.45) is 0 Å². The van der Waals surface area contributed by atoms with Crippen molar-refractivity contribution in [1.29, 1.82) is 0 Å². The summed E-state index contributed by atoms with van der Waals surface area (Å²) >= 11 is 1.62. The van der Waals surface area contributed by atoms with E-state index in [1.54, 1.807) is 23.9 Å². The van der Waals surface area contributed by atoms with Gasteiger partial charge in [-0.3, -0.25) is 14.4 Å². The maximum atomic E-state index is 13.5. The Labute approximate surface area is 159 Å². The van der Waals surface area contributed by atoms with E-state index in [9.17, 15) is 18.8 Å². The summed E-state index contributed by atoms with van der Waals surface area (Å²) in [6.45, 7) is -0.509. The molecule has 1 atom stereocenters. The third-order valence-electron chi connectivity index (χ3n) is 3.95. The topological polar surface area (TPSA) is 100 Å². The fraction of sp³-hybridized carbons (Fsp3) is 0.278. The van der Waals surface area contributed by atoms with Crippen molar-refractivity contribution < 1.29 is 23.2 Å². The van der Waals surface area contributed by atoms with E-state index in [0.29, 0.717) is 6.42 Å². The molecule has 1 aliphatic heterocycles. The minimum atomic E-state index is -0.516. The Balaban J connectivity index is 1.44. The molecule has 1 unspecified atom stereocenters. The molecule has 1 aliphatic rings. The van der Waals surface area contributed by atoms with E-state index < -0.39 is 11.8 Å². The summed E-state index contributed by atoms with van der Waals surface area (Å²) in [5.74, 6) is -0.839. The second-order valence-corrected chi connectivity index (χ2v) is 7.01. The molecular weight excluding hydrogens is 373 g/mol. The van der Waals surface area contributed by atoms with Gasteiger partial charge in [0.1, 0.15) is 5.82 Å². The number of furan rings is 1. The van der Waals surface area contributed by atoms with Gasteiger partial charge >= 0.3 is 0 Å². The minimum Gasteiger partial charge on any atom is -0.459 e. The predicted molar refractivity (Wildman–Crippen MR) is 96.7 cm³/mol. The van der Waals surface area contributed by atoms with Crippen LogP contribution in [0.15, 0.2) is 45.9 Å². The number of amides is 3. The SMILES string of the molecule is O=C(CNC(=O)c1ccco1)NCC(=O)NC1CCSc2ccc(F)cc21. The van der Waals surface area contributed by atoms with Crippen molar-refractivity contribution in [3.05, 3.63) is 53.7 Å². The van der Waals surface area contributed by atoms with Gasteiger partial charge in [0, 0.05) is 10.6 Å². The van der Waals surface area contributed by atoms with Crippen LogP contribution in [0.2, 0.25) is 0 Å². The summed E-state index contributed by atoms with van der Waals surface area (Å²) in [7, 11) is 0. The quantitative estimate of drug-likeness (QED) is 0.695. The molecule has 0 spiro atoms. The van der Waals surface area contributed by atoms with E-state index in [-0.39, 0.29) is 36.6 Å². The Bertz CT molecular complexity index is 841. The Morgan fingerprint density at radius 3 is 2.74 bits per heavy atom. The number of halogens is 1. The Kier molecular flexibility index (Phi) is 6.12. The number of rotatable bonds is 6. The molecule has 142 valence electrons. The molecule has 0 radical (unpaired) electrons. The molecule has 3 amide bonds. The van der Waals surface area contributed by atoms with Gasteiger partial charge in [0.05, 0.1) is 25.4 Å². The number of carbonyl (C=O) groups is 3. The predicted octanol–water partition coefficient (Wildman–Crippen LogP) is 1.62. The van der Waals surface area contributed by atoms with Gasteiger partial charge in [0.15, 0.2) is 5.76 Å². The van der Waals surface area contributed by atoms with Crippen LogP contribution >= 0.6 is 11.8 Å². The number of thioether (sulfide) groups is 1. The molecule has 3 N–H and O–H groups in total. The smallest absolute Gasteiger partial charge is 0.287 e. The third kappa shape index (κ3) is 5.10. The summed E-state index contributed by atoms with van der Waals surface area (Å²) in [5.41, 5.74) is 0.747. The monoisotopic (exact) mass is 391 g/mol. The summed E-state index contributed by atoms with van der Waals surface area (Å²) in [6, 6.07) is 7.27. The molecule has 3 rings (SSSR count). The molecule has 0 bridgehead atoms. The molecule has 9 heteroatoms. The van der Waals surface area contributed by atoms with Crippen LogP contribution in [0.5, 0.6) is 0 Å². The van der Waals surface area contributed by atoms with Crippen LogP contribution in [-0.2, 0) is 9.59 Å². The molecule has 0 fully saturated rings. The molecule has 1 aromatic carbocycles. The first-order valence-electron chi connectivity index (χ1n) is 8.33. The van der Waals surface area contributed by atoms with Crippen molar-refractivity contribution in [2.75, 3.05) is 18.8 Å². The summed E-state index contributed by atoms with van der Waals surface area (Å²) < 4.78 is 18.4. The van der Waals surface area contributed by atoms with Crippen molar-refractivity contribution >= 4 is 29.5 Å². The number of hydrogen-bond donors (Lipinski definition) is 3. The first-order chi connectivity index (χ1) is 13.0. The van der Waals surface area contributed by atoms with Crippen molar-refractivity contribution in [3.63, 3.8) is 0 Å². The van der Waals surface area contributed by atoms with E-state index in [1.165, 1.54) is 24.5 Å². The highest BCUT2D eigenvalue weighted by molar-refractivity contribution is 7.99. The van der Waals surface area contributed by atoms with Crippen molar-refractivity contribution in [1.82, 2.24) is 16.0 Å². The van der Waals surface area contributed by atoms with Gasteiger partial charge < -0.3 is 20.4 Å². The van der Waals surface area contributed by atoms with Gasteiger partial charge in [-0.15, -0.1) is 11.8 Å². The minimum absolute atomic E-state index is 0.0987. The van der Waals surface area contributed by atoms with E-state index in [4.69, 9.17) is 4.42 Å². The van der Waals surface area contributed by atoms with Crippen LogP contribution in [0.25, 0.3) is 0 Å². The van der Waals surface area contributed by atoms with Gasteiger partial charge in [-0.1, -0.05) is 0 Å². The van der Waals surface area contributed by atoms with Crippen LogP contribution in [0, 0.1) is 5.82 Å². The van der Waals surface area contributed by atoms with Crippen LogP contribution in [0.4, 0.5) is 4.39 Å². The number of fused-ring (bicyclic) bond motifs is 1. The lowest BCUT2D eigenvalue weighted by Crippen LogP contribution is -2.43. The molecule has 27 heavy (non-hydrogen) atoms. The largest absolute Gasteiger partial charge is 0.459 e. The average Bonchev–Trinajstić information content (AvgIpc) is 3.20. The molecule has 0 aliphatic carbocycles. The zero-order chi connectivity index (χ0) is 19.2. The lowest BCUT2D eigenvalue weighted by molar-refractivity contribution is -0.126. The maximum Gasteiger partial charge on any atom is 0.287 e. The highest BCUT2D eigenvalue weighted by Gasteiger charge is 2.23. The summed E-state index contributed by atoms with van der Waals surface area (Å²) in [5, 5.41) is 7.63. The summed E-state index contributed by atoms with van der Waals surface area (Å²) in [6.07, 6.45) is 2.03. The Hall–Kier alpha value is -2.81. The fourth-order valence-electron chi connectivity index (χ4n) is 2.66. The van der Waals surface area contributed by atoms with Crippen molar-refractivity contribution in [3.8, 4) is 0 Å². The van der Waals surface area contributed by atoms with Crippen molar-refractivity contribution in [2.45, 2.75) is 17.4 Å². The molecule has 7 nitrogen and oxygen atoms in total. The van der Waals surface area contributed by atoms with Gasteiger partial charge in [-0.2, -0.15) is 0 Å². The van der Waals surface area contributed by atoms with Gasteiger partial charge in [0.2, 0.25) is 11.8 Å². The molecule has 0 saturated carbocycles. The zero-order valence-electron chi connectivity index (χ0n) is 14.3. The van der Waals surface area contributed by atoms with Crippen LogP contribution in [0.1, 0.15) is 28.6 Å². The molecular formula is C18H18FN3O4S. The Morgan fingerprint density at radius 1 is 1.15 bits per heavy atom. The first-order valence-corrected chi connectivity index (χ1v) is 9.31. The molecule has 2 aromatic rings. The Morgan fingerprint density at radius 2 is 1.96 bits per heavy atom. The molecule has 0 saturated heterocycles. The van der Waals surface area contributed by atoms with E-state index in [0.717, 1.165) is 16.2 Å². The highest BCUT2D eigenvalue weighted by atomic mass is 32.2. The molecule has 2 heterocycles. The third-order valence-corrected chi connectivity index (χ3v) is 5.07.